The fraction of sp³-hybridized carbons (Fsp3) is 0.381. The summed E-state index contributed by atoms with van der Waals surface area (Å²) in [4.78, 5) is 23.9. The number of nitrogens with one attached hydrogen (secondary N) is 2. The highest BCUT2D eigenvalue weighted by Crippen LogP contribution is 2.38. The third kappa shape index (κ3) is 2.38. The van der Waals surface area contributed by atoms with Crippen molar-refractivity contribution in [1.82, 2.24) is 24.7 Å². The quantitative estimate of drug-likeness (QED) is 0.487. The summed E-state index contributed by atoms with van der Waals surface area (Å²) < 4.78 is 1.71. The molecule has 5 heterocycles. The molecule has 4 N–H and O–H groups in total. The van der Waals surface area contributed by atoms with E-state index in [0.29, 0.717) is 23.1 Å². The van der Waals surface area contributed by atoms with E-state index < -0.39 is 0 Å². The van der Waals surface area contributed by atoms with Crippen molar-refractivity contribution in [3.05, 3.63) is 40.9 Å². The first-order valence-electron chi connectivity index (χ1n) is 10.2. The molecular formula is C21H23N7O. The summed E-state index contributed by atoms with van der Waals surface area (Å²) >= 11 is 0. The van der Waals surface area contributed by atoms with Crippen LogP contribution in [-0.4, -0.2) is 42.9 Å². The van der Waals surface area contributed by atoms with Crippen LogP contribution in [0.5, 0.6) is 0 Å². The molecule has 0 spiro atoms. The molecule has 2 aliphatic rings. The van der Waals surface area contributed by atoms with E-state index in [1.54, 1.807) is 10.8 Å². The third-order valence-electron chi connectivity index (χ3n) is 6.64. The van der Waals surface area contributed by atoms with Crippen LogP contribution in [0.3, 0.4) is 0 Å². The minimum Gasteiger partial charge on any atom is -0.345 e. The predicted octanol–water partition coefficient (Wildman–Crippen LogP) is 2.26. The van der Waals surface area contributed by atoms with E-state index in [-0.39, 0.29) is 11.6 Å². The highest BCUT2D eigenvalue weighted by atomic mass is 16.1. The lowest BCUT2D eigenvalue weighted by Crippen LogP contribution is -2.49. The second kappa shape index (κ2) is 5.93. The molecule has 0 aliphatic carbocycles. The Balaban J connectivity index is 1.50. The topological polar surface area (TPSA) is 109 Å². The Hall–Kier alpha value is -3.13. The highest BCUT2D eigenvalue weighted by molar-refractivity contribution is 5.96. The molecule has 0 amide bonds. The third-order valence-corrected chi connectivity index (χ3v) is 6.64. The maximum atomic E-state index is 13.4. The molecule has 2 saturated heterocycles. The number of nitrogens with zero attached hydrogens (tertiary/aromatic N) is 4. The van der Waals surface area contributed by atoms with Gasteiger partial charge < -0.3 is 15.6 Å². The molecule has 4 aromatic rings. The minimum atomic E-state index is -0.0252. The second-order valence-corrected chi connectivity index (χ2v) is 8.40. The SMILES string of the molecule is Cn1c(N2[C@@H]3CC[C@H]2C[C@@H](N)C3)nc2[nH]cc(-c3ccc4[nH]ncc4c3)c2c1=O. The highest BCUT2D eigenvalue weighted by Gasteiger charge is 2.41. The molecule has 0 radical (unpaired) electrons. The fourth-order valence-corrected chi connectivity index (χ4v) is 5.27. The minimum absolute atomic E-state index is 0.0252. The number of fused-ring (bicyclic) bond motifs is 4. The number of anilines is 1. The molecule has 2 fully saturated rings. The van der Waals surface area contributed by atoms with Crippen molar-refractivity contribution < 1.29 is 0 Å². The van der Waals surface area contributed by atoms with Crippen LogP contribution in [0.4, 0.5) is 5.95 Å². The number of rotatable bonds is 2. The van der Waals surface area contributed by atoms with Crippen LogP contribution >= 0.6 is 0 Å². The van der Waals surface area contributed by atoms with Crippen molar-refractivity contribution in [1.29, 1.82) is 0 Å². The van der Waals surface area contributed by atoms with E-state index in [2.05, 4.69) is 20.1 Å². The zero-order valence-electron chi connectivity index (χ0n) is 16.2. The maximum Gasteiger partial charge on any atom is 0.264 e. The largest absolute Gasteiger partial charge is 0.345 e. The zero-order chi connectivity index (χ0) is 19.7. The van der Waals surface area contributed by atoms with Crippen molar-refractivity contribution in [2.75, 3.05) is 4.90 Å². The van der Waals surface area contributed by atoms with Gasteiger partial charge in [-0.2, -0.15) is 10.1 Å². The first-order valence-corrected chi connectivity index (χ1v) is 10.2. The average molecular weight is 389 g/mol. The normalized spacial score (nSPS) is 24.1. The van der Waals surface area contributed by atoms with Gasteiger partial charge in [0.1, 0.15) is 5.65 Å². The van der Waals surface area contributed by atoms with Gasteiger partial charge in [0.15, 0.2) is 0 Å². The smallest absolute Gasteiger partial charge is 0.264 e. The van der Waals surface area contributed by atoms with Crippen LogP contribution in [0.15, 0.2) is 35.4 Å². The Morgan fingerprint density at radius 1 is 1.21 bits per heavy atom. The number of hydrogen-bond donors (Lipinski definition) is 3. The lowest BCUT2D eigenvalue weighted by atomic mass is 9.98. The fourth-order valence-electron chi connectivity index (χ4n) is 5.27. The lowest BCUT2D eigenvalue weighted by Gasteiger charge is -2.38. The number of hydrogen-bond acceptors (Lipinski definition) is 5. The Morgan fingerprint density at radius 2 is 2.00 bits per heavy atom. The van der Waals surface area contributed by atoms with Crippen molar-refractivity contribution in [2.24, 2.45) is 12.8 Å². The summed E-state index contributed by atoms with van der Waals surface area (Å²) in [5.74, 6) is 0.751. The van der Waals surface area contributed by atoms with Crippen molar-refractivity contribution in [2.45, 2.75) is 43.8 Å². The number of piperidine rings is 1. The van der Waals surface area contributed by atoms with Crippen molar-refractivity contribution in [3.63, 3.8) is 0 Å². The molecule has 3 aromatic heterocycles. The Bertz CT molecular complexity index is 1290. The molecule has 1 aromatic carbocycles. The van der Waals surface area contributed by atoms with Gasteiger partial charge >= 0.3 is 0 Å². The van der Waals surface area contributed by atoms with Gasteiger partial charge in [-0.05, 0) is 43.4 Å². The first kappa shape index (κ1) is 16.8. The molecule has 29 heavy (non-hydrogen) atoms. The van der Waals surface area contributed by atoms with Crippen LogP contribution in [0.2, 0.25) is 0 Å². The molecule has 148 valence electrons. The van der Waals surface area contributed by atoms with Crippen LogP contribution in [0, 0.1) is 0 Å². The summed E-state index contributed by atoms with van der Waals surface area (Å²) in [6, 6.07) is 7.02. The number of aromatic nitrogens is 5. The molecule has 8 heteroatoms. The van der Waals surface area contributed by atoms with Crippen LogP contribution in [0.1, 0.15) is 25.7 Å². The van der Waals surface area contributed by atoms with E-state index in [1.807, 2.05) is 31.4 Å². The summed E-state index contributed by atoms with van der Waals surface area (Å²) in [6.45, 7) is 0. The van der Waals surface area contributed by atoms with E-state index in [4.69, 9.17) is 10.7 Å². The number of benzene rings is 1. The first-order chi connectivity index (χ1) is 14.1. The molecule has 2 bridgehead atoms. The van der Waals surface area contributed by atoms with Gasteiger partial charge in [0.05, 0.1) is 17.1 Å². The summed E-state index contributed by atoms with van der Waals surface area (Å²) in [6.07, 6.45) is 7.83. The molecule has 0 saturated carbocycles. The van der Waals surface area contributed by atoms with Gasteiger partial charge in [0.2, 0.25) is 5.95 Å². The summed E-state index contributed by atoms with van der Waals surface area (Å²) in [5, 5.41) is 8.68. The van der Waals surface area contributed by atoms with Crippen molar-refractivity contribution in [3.8, 4) is 11.1 Å². The molecule has 8 nitrogen and oxygen atoms in total. The Morgan fingerprint density at radius 3 is 2.79 bits per heavy atom. The molecule has 3 atom stereocenters. The van der Waals surface area contributed by atoms with Gasteiger partial charge in [0, 0.05) is 42.3 Å². The van der Waals surface area contributed by atoms with Crippen molar-refractivity contribution >= 4 is 27.9 Å². The maximum absolute atomic E-state index is 13.4. The Labute approximate surface area is 166 Å². The summed E-state index contributed by atoms with van der Waals surface area (Å²) in [5.41, 5.74) is 9.65. The van der Waals surface area contributed by atoms with Gasteiger partial charge in [-0.1, -0.05) is 6.07 Å². The van der Waals surface area contributed by atoms with E-state index in [0.717, 1.165) is 53.7 Å². The molecule has 2 aliphatic heterocycles. The number of nitrogens with two attached hydrogens (primary N) is 1. The van der Waals surface area contributed by atoms with E-state index in [1.165, 1.54) is 0 Å². The zero-order valence-corrected chi connectivity index (χ0v) is 16.2. The van der Waals surface area contributed by atoms with E-state index in [9.17, 15) is 4.79 Å². The Kier molecular flexibility index (Phi) is 3.44. The standard InChI is InChI=1S/C21H23N7O/c1-27-20(29)18-16(11-2-5-17-12(6-11)9-24-26-17)10-23-19(18)25-21(27)28-14-3-4-15(28)8-13(22)7-14/h2,5-6,9-10,13-15,23H,3-4,7-8,22H2,1H3,(H,24,26)/t13-,14+,15-. The average Bonchev–Trinajstić information content (AvgIpc) is 3.40. The molecular weight excluding hydrogens is 366 g/mol. The summed E-state index contributed by atoms with van der Waals surface area (Å²) in [7, 11) is 1.83. The van der Waals surface area contributed by atoms with Crippen LogP contribution < -0.4 is 16.2 Å². The van der Waals surface area contributed by atoms with Gasteiger partial charge in [-0.3, -0.25) is 14.5 Å². The predicted molar refractivity (Wildman–Crippen MR) is 113 cm³/mol. The molecule has 0 unspecified atom stereocenters. The van der Waals surface area contributed by atoms with Crippen LogP contribution in [0.25, 0.3) is 33.1 Å². The molecule has 6 rings (SSSR count). The number of aromatic amines is 2. The van der Waals surface area contributed by atoms with Gasteiger partial charge in [-0.25, -0.2) is 0 Å². The van der Waals surface area contributed by atoms with Gasteiger partial charge in [-0.15, -0.1) is 0 Å². The number of H-pyrrole nitrogens is 2. The monoisotopic (exact) mass is 389 g/mol. The van der Waals surface area contributed by atoms with Gasteiger partial charge in [0.25, 0.3) is 5.56 Å². The lowest BCUT2D eigenvalue weighted by molar-refractivity contribution is 0.405. The van der Waals surface area contributed by atoms with E-state index >= 15 is 0 Å². The second-order valence-electron chi connectivity index (χ2n) is 8.40. The van der Waals surface area contributed by atoms with Crippen LogP contribution in [-0.2, 0) is 7.05 Å².